The van der Waals surface area contributed by atoms with E-state index < -0.39 is 35.7 Å². The highest BCUT2D eigenvalue weighted by atomic mass is 16.2. The summed E-state index contributed by atoms with van der Waals surface area (Å²) >= 11 is 0. The fourth-order valence-electron chi connectivity index (χ4n) is 6.28. The Labute approximate surface area is 219 Å². The minimum atomic E-state index is -1.03. The van der Waals surface area contributed by atoms with Gasteiger partial charge in [0.25, 0.3) is 5.91 Å². The first-order valence-corrected chi connectivity index (χ1v) is 13.5. The second kappa shape index (κ2) is 12.0. The number of nitrogens with zero attached hydrogens (tertiary/aromatic N) is 1. The highest BCUT2D eigenvalue weighted by Crippen LogP contribution is 2.65. The molecule has 3 N–H and O–H groups in total. The zero-order valence-electron chi connectivity index (χ0n) is 22.4. The Hall–Kier alpha value is -2.97. The van der Waals surface area contributed by atoms with Gasteiger partial charge in [0.05, 0.1) is 6.04 Å². The highest BCUT2D eigenvalue weighted by molar-refractivity contribution is 6.38. The van der Waals surface area contributed by atoms with Gasteiger partial charge in [-0.25, -0.2) is 0 Å². The van der Waals surface area contributed by atoms with E-state index in [1.54, 1.807) is 11.0 Å². The molecule has 9 nitrogen and oxygen atoms in total. The lowest BCUT2D eigenvalue weighted by Crippen LogP contribution is -2.59. The maximum absolute atomic E-state index is 13.9. The summed E-state index contributed by atoms with van der Waals surface area (Å²) in [6.45, 7) is 13.4. The van der Waals surface area contributed by atoms with Gasteiger partial charge in [0, 0.05) is 20.0 Å². The number of likely N-dealkylation sites (tertiary alicyclic amines) is 1. The Morgan fingerprint density at radius 2 is 1.70 bits per heavy atom. The van der Waals surface area contributed by atoms with Crippen LogP contribution in [0, 0.1) is 23.2 Å². The Morgan fingerprint density at radius 1 is 1.03 bits per heavy atom. The first kappa shape index (κ1) is 28.6. The normalized spacial score (nSPS) is 25.7. The Balaban J connectivity index is 1.82. The molecule has 0 spiro atoms. The van der Waals surface area contributed by atoms with Crippen molar-refractivity contribution in [2.24, 2.45) is 23.2 Å². The molecule has 2 aliphatic carbocycles. The molecule has 4 amide bonds. The van der Waals surface area contributed by atoms with Crippen LogP contribution < -0.4 is 16.0 Å². The van der Waals surface area contributed by atoms with Gasteiger partial charge in [-0.3, -0.25) is 24.0 Å². The predicted molar refractivity (Wildman–Crippen MR) is 140 cm³/mol. The summed E-state index contributed by atoms with van der Waals surface area (Å²) in [5, 5.41) is 8.13. The third-order valence-electron chi connectivity index (χ3n) is 8.43. The standard InChI is InChI=1S/C28H42N4O5/c1-6-8-14-20(24(34)26(36)29-15-7-2)31-25(35)23-21-19(28(21,4)5)16-32(23)27(37)22(30-17(3)33)18-12-10-9-11-13-18/h6-7,18-23H,1-2,8-16H2,3-5H3,(H,29,36)(H,30,33)(H,31,35)/t19-,20?,21-,22-,23-/m0/s1. The van der Waals surface area contributed by atoms with Gasteiger partial charge >= 0.3 is 0 Å². The van der Waals surface area contributed by atoms with E-state index in [-0.39, 0.29) is 47.9 Å². The molecule has 0 bridgehead atoms. The van der Waals surface area contributed by atoms with E-state index >= 15 is 0 Å². The lowest BCUT2D eigenvalue weighted by molar-refractivity contribution is -0.145. The monoisotopic (exact) mass is 514 g/mol. The summed E-state index contributed by atoms with van der Waals surface area (Å²) in [5.74, 6) is -2.32. The van der Waals surface area contributed by atoms with Crippen molar-refractivity contribution < 1.29 is 24.0 Å². The largest absolute Gasteiger partial charge is 0.346 e. The van der Waals surface area contributed by atoms with Gasteiger partial charge in [-0.2, -0.15) is 0 Å². The molecule has 0 aromatic carbocycles. The van der Waals surface area contributed by atoms with E-state index in [4.69, 9.17) is 0 Å². The van der Waals surface area contributed by atoms with Crippen LogP contribution in [0.1, 0.15) is 65.7 Å². The Kier molecular flexibility index (Phi) is 9.31. The average Bonchev–Trinajstić information content (AvgIpc) is 3.19. The molecule has 37 heavy (non-hydrogen) atoms. The number of carbonyl (C=O) groups excluding carboxylic acids is 5. The van der Waals surface area contributed by atoms with Gasteiger partial charge in [0.15, 0.2) is 0 Å². The molecule has 3 fully saturated rings. The number of hydrogen-bond acceptors (Lipinski definition) is 5. The number of carbonyl (C=O) groups is 5. The number of fused-ring (bicyclic) bond motifs is 1. The zero-order chi connectivity index (χ0) is 27.3. The molecule has 0 radical (unpaired) electrons. The number of nitrogens with one attached hydrogen (secondary N) is 3. The van der Waals surface area contributed by atoms with E-state index in [1.165, 1.54) is 13.0 Å². The molecule has 2 saturated carbocycles. The molecule has 0 aromatic heterocycles. The number of Topliss-reactive ketones (excluding diaryl/α,β-unsaturated/α-hetero) is 1. The second-order valence-electron chi connectivity index (χ2n) is 11.3. The van der Waals surface area contributed by atoms with E-state index in [2.05, 4.69) is 43.0 Å². The van der Waals surface area contributed by atoms with Crippen molar-refractivity contribution in [2.75, 3.05) is 13.1 Å². The van der Waals surface area contributed by atoms with Crippen molar-refractivity contribution in [1.29, 1.82) is 0 Å². The molecule has 1 aliphatic heterocycles. The lowest BCUT2D eigenvalue weighted by Gasteiger charge is -2.37. The molecule has 1 unspecified atom stereocenters. The fourth-order valence-corrected chi connectivity index (χ4v) is 6.28. The van der Waals surface area contributed by atoms with E-state index in [0.717, 1.165) is 32.1 Å². The van der Waals surface area contributed by atoms with Crippen LogP contribution in [0.5, 0.6) is 0 Å². The average molecular weight is 515 g/mol. The van der Waals surface area contributed by atoms with Crippen LogP contribution in [-0.4, -0.2) is 65.5 Å². The molecule has 204 valence electrons. The maximum atomic E-state index is 13.9. The van der Waals surface area contributed by atoms with Crippen molar-refractivity contribution >= 4 is 29.4 Å². The molecular weight excluding hydrogens is 472 g/mol. The number of ketones is 1. The fraction of sp³-hybridized carbons (Fsp3) is 0.679. The van der Waals surface area contributed by atoms with Gasteiger partial charge in [-0.05, 0) is 48.9 Å². The highest BCUT2D eigenvalue weighted by Gasteiger charge is 2.69. The van der Waals surface area contributed by atoms with Crippen molar-refractivity contribution in [2.45, 2.75) is 83.8 Å². The zero-order valence-corrected chi connectivity index (χ0v) is 22.4. The van der Waals surface area contributed by atoms with Crippen molar-refractivity contribution in [3.05, 3.63) is 25.3 Å². The third kappa shape index (κ3) is 6.30. The SMILES string of the molecule is C=CCCC(NC(=O)[C@@H]1[C@@H]2[C@H](CN1C(=O)[C@@H](NC(C)=O)C1CCCCC1)C2(C)C)C(=O)C(=O)NCC=C. The molecule has 3 rings (SSSR count). The number of hydrogen-bond donors (Lipinski definition) is 3. The predicted octanol–water partition coefficient (Wildman–Crippen LogP) is 1.88. The van der Waals surface area contributed by atoms with Gasteiger partial charge in [0.2, 0.25) is 23.5 Å². The molecule has 9 heteroatoms. The number of allylic oxidation sites excluding steroid dienone is 1. The Bertz CT molecular complexity index is 939. The van der Waals surface area contributed by atoms with Gasteiger partial charge in [-0.1, -0.05) is 45.3 Å². The lowest BCUT2D eigenvalue weighted by atomic mass is 9.83. The molecule has 3 aliphatic rings. The van der Waals surface area contributed by atoms with Crippen molar-refractivity contribution in [3.8, 4) is 0 Å². The van der Waals surface area contributed by atoms with Crippen LogP contribution in [0.3, 0.4) is 0 Å². The summed E-state index contributed by atoms with van der Waals surface area (Å²) in [4.78, 5) is 66.4. The smallest absolute Gasteiger partial charge is 0.289 e. The van der Waals surface area contributed by atoms with E-state index in [0.29, 0.717) is 13.0 Å². The first-order chi connectivity index (χ1) is 17.5. The van der Waals surface area contributed by atoms with Crippen LogP contribution in [0.2, 0.25) is 0 Å². The van der Waals surface area contributed by atoms with E-state index in [1.807, 2.05) is 0 Å². The van der Waals surface area contributed by atoms with Gasteiger partial charge in [-0.15, -0.1) is 13.2 Å². The number of piperidine rings is 1. The summed E-state index contributed by atoms with van der Waals surface area (Å²) < 4.78 is 0. The van der Waals surface area contributed by atoms with E-state index in [9.17, 15) is 24.0 Å². The van der Waals surface area contributed by atoms with Crippen molar-refractivity contribution in [1.82, 2.24) is 20.9 Å². The Morgan fingerprint density at radius 3 is 2.30 bits per heavy atom. The molecule has 1 heterocycles. The minimum Gasteiger partial charge on any atom is -0.346 e. The minimum absolute atomic E-state index is 0.0364. The molecule has 1 saturated heterocycles. The van der Waals surface area contributed by atoms with Crippen LogP contribution >= 0.6 is 0 Å². The molecule has 0 aromatic rings. The summed E-state index contributed by atoms with van der Waals surface area (Å²) in [6, 6.07) is -2.46. The maximum Gasteiger partial charge on any atom is 0.289 e. The summed E-state index contributed by atoms with van der Waals surface area (Å²) in [5.41, 5.74) is -0.116. The van der Waals surface area contributed by atoms with Gasteiger partial charge in [0.1, 0.15) is 12.1 Å². The second-order valence-corrected chi connectivity index (χ2v) is 11.3. The third-order valence-corrected chi connectivity index (χ3v) is 8.43. The molecular formula is C28H42N4O5. The summed E-state index contributed by atoms with van der Waals surface area (Å²) in [6.07, 6.45) is 8.61. The number of amides is 4. The summed E-state index contributed by atoms with van der Waals surface area (Å²) in [7, 11) is 0. The van der Waals surface area contributed by atoms with Crippen LogP contribution in [-0.2, 0) is 24.0 Å². The first-order valence-electron chi connectivity index (χ1n) is 13.5. The van der Waals surface area contributed by atoms with Gasteiger partial charge < -0.3 is 20.9 Å². The van der Waals surface area contributed by atoms with Crippen LogP contribution in [0.15, 0.2) is 25.3 Å². The number of rotatable bonds is 12. The quantitative estimate of drug-likeness (QED) is 0.271. The van der Waals surface area contributed by atoms with Crippen molar-refractivity contribution in [3.63, 3.8) is 0 Å². The van der Waals surface area contributed by atoms with Crippen LogP contribution in [0.4, 0.5) is 0 Å². The molecule has 5 atom stereocenters. The topological polar surface area (TPSA) is 125 Å². The van der Waals surface area contributed by atoms with Crippen LogP contribution in [0.25, 0.3) is 0 Å².